The van der Waals surface area contributed by atoms with Gasteiger partial charge in [0.2, 0.25) is 17.7 Å². The monoisotopic (exact) mass is 617 g/mol. The van der Waals surface area contributed by atoms with Gasteiger partial charge < -0.3 is 34.1 Å². The molecule has 2 N–H and O–H groups in total. The average molecular weight is 618 g/mol. The van der Waals surface area contributed by atoms with Gasteiger partial charge in [-0.05, 0) is 56.0 Å². The van der Waals surface area contributed by atoms with E-state index >= 15 is 0 Å². The number of anilines is 2. The Morgan fingerprint density at radius 3 is 2.73 bits per heavy atom. The van der Waals surface area contributed by atoms with Crippen molar-refractivity contribution < 1.29 is 28.5 Å². The number of esters is 1. The molecule has 6 rings (SSSR count). The summed E-state index contributed by atoms with van der Waals surface area (Å²) in [6, 6.07) is 9.20. The number of nitrogens with zero attached hydrogens (tertiary/aromatic N) is 6. The van der Waals surface area contributed by atoms with E-state index in [-0.39, 0.29) is 18.2 Å². The summed E-state index contributed by atoms with van der Waals surface area (Å²) < 4.78 is 26.3. The van der Waals surface area contributed by atoms with Crippen molar-refractivity contribution in [2.45, 2.75) is 51.9 Å². The van der Waals surface area contributed by atoms with Crippen molar-refractivity contribution in [3.8, 4) is 17.1 Å². The number of hydrogen-bond donors (Lipinski definition) is 1. The summed E-state index contributed by atoms with van der Waals surface area (Å²) in [7, 11) is 3.16. The molecule has 0 bridgehead atoms. The number of nitrogens with two attached hydrogens (primary N) is 1. The molecule has 13 heteroatoms. The molecule has 2 saturated heterocycles. The summed E-state index contributed by atoms with van der Waals surface area (Å²) in [4.78, 5) is 36.1. The highest BCUT2D eigenvalue weighted by Gasteiger charge is 2.44. The van der Waals surface area contributed by atoms with E-state index in [9.17, 15) is 9.59 Å². The maximum Gasteiger partial charge on any atom is 0.337 e. The normalized spacial score (nSPS) is 16.9. The Morgan fingerprint density at radius 1 is 1.18 bits per heavy atom. The Morgan fingerprint density at radius 2 is 1.98 bits per heavy atom. The quantitative estimate of drug-likeness (QED) is 0.205. The minimum absolute atomic E-state index is 0.0198. The number of piperidine rings is 1. The maximum absolute atomic E-state index is 13.1. The first kappa shape index (κ1) is 30.5. The molecule has 0 aliphatic carbocycles. The number of carbonyl (C=O) groups excluding carboxylic acids is 2. The van der Waals surface area contributed by atoms with Crippen LogP contribution in [0.4, 0.5) is 11.6 Å². The van der Waals surface area contributed by atoms with E-state index in [1.807, 2.05) is 36.7 Å². The molecule has 2 aliphatic rings. The number of fused-ring (bicyclic) bond motifs is 1. The van der Waals surface area contributed by atoms with E-state index in [0.717, 1.165) is 29.6 Å². The summed E-state index contributed by atoms with van der Waals surface area (Å²) in [5.74, 6) is 0.0849. The van der Waals surface area contributed by atoms with Crippen LogP contribution in [0, 0.1) is 12.8 Å². The zero-order valence-corrected chi connectivity index (χ0v) is 26.1. The Balaban J connectivity index is 1.08. The van der Waals surface area contributed by atoms with Gasteiger partial charge in [0.15, 0.2) is 5.79 Å². The van der Waals surface area contributed by atoms with E-state index < -0.39 is 11.8 Å². The third-order valence-corrected chi connectivity index (χ3v) is 8.43. The second-order valence-electron chi connectivity index (χ2n) is 11.8. The van der Waals surface area contributed by atoms with Crippen molar-refractivity contribution in [2.24, 2.45) is 13.0 Å². The molecule has 13 nitrogen and oxygen atoms in total. The number of rotatable bonds is 10. The van der Waals surface area contributed by atoms with Gasteiger partial charge in [-0.2, -0.15) is 5.10 Å². The van der Waals surface area contributed by atoms with Gasteiger partial charge >= 0.3 is 5.97 Å². The lowest BCUT2D eigenvalue weighted by Gasteiger charge is -2.37. The Kier molecular flexibility index (Phi) is 8.47. The van der Waals surface area contributed by atoms with Crippen LogP contribution in [-0.2, 0) is 32.6 Å². The van der Waals surface area contributed by atoms with E-state index in [1.54, 1.807) is 27.9 Å². The lowest BCUT2D eigenvalue weighted by atomic mass is 10.0. The van der Waals surface area contributed by atoms with Gasteiger partial charge in [0.05, 0.1) is 67.4 Å². The first-order chi connectivity index (χ1) is 21.7. The Labute approximate surface area is 261 Å². The van der Waals surface area contributed by atoms with E-state index in [1.165, 1.54) is 7.11 Å². The average Bonchev–Trinajstić information content (AvgIpc) is 3.71. The summed E-state index contributed by atoms with van der Waals surface area (Å²) in [6.07, 6.45) is 4.21. The summed E-state index contributed by atoms with van der Waals surface area (Å²) in [5.41, 5.74) is 11.3. The van der Waals surface area contributed by atoms with Gasteiger partial charge in [-0.15, -0.1) is 0 Å². The topological polar surface area (TPSA) is 149 Å². The van der Waals surface area contributed by atoms with E-state index in [2.05, 4.69) is 22.0 Å². The molecule has 1 amide bonds. The highest BCUT2D eigenvalue weighted by atomic mass is 16.7. The molecule has 0 unspecified atom stereocenters. The number of aromatic nitrogens is 5. The van der Waals surface area contributed by atoms with Crippen LogP contribution >= 0.6 is 0 Å². The Bertz CT molecular complexity index is 1720. The number of nitrogen functional groups attached to an aromatic ring is 1. The van der Waals surface area contributed by atoms with Crippen LogP contribution in [-0.4, -0.2) is 75.5 Å². The molecule has 0 radical (unpaired) electrons. The maximum atomic E-state index is 13.1. The van der Waals surface area contributed by atoms with Crippen molar-refractivity contribution in [1.29, 1.82) is 0 Å². The fourth-order valence-corrected chi connectivity index (χ4v) is 6.15. The van der Waals surface area contributed by atoms with Crippen LogP contribution in [0.5, 0.6) is 5.88 Å². The van der Waals surface area contributed by atoms with Gasteiger partial charge in [-0.1, -0.05) is 6.92 Å². The molecular weight excluding hydrogens is 578 g/mol. The molecular formula is C32H39N7O6. The van der Waals surface area contributed by atoms with Crippen LogP contribution in [0.15, 0.2) is 36.5 Å². The van der Waals surface area contributed by atoms with Crippen LogP contribution < -0.4 is 15.4 Å². The van der Waals surface area contributed by atoms with Crippen molar-refractivity contribution in [3.05, 3.63) is 47.8 Å². The largest absolute Gasteiger partial charge is 0.477 e. The molecule has 1 spiro atoms. The first-order valence-corrected chi connectivity index (χ1v) is 15.2. The third-order valence-electron chi connectivity index (χ3n) is 8.43. The van der Waals surface area contributed by atoms with Crippen molar-refractivity contribution in [1.82, 2.24) is 24.3 Å². The Hall–Kier alpha value is -4.49. The number of imidazole rings is 1. The first-order valence-electron chi connectivity index (χ1n) is 15.2. The smallest absolute Gasteiger partial charge is 0.337 e. The summed E-state index contributed by atoms with van der Waals surface area (Å²) in [5, 5.41) is 4.36. The van der Waals surface area contributed by atoms with Gasteiger partial charge in [0, 0.05) is 37.9 Å². The SMILES string of the molecule is COC(=O)c1cc(C)nc(-c2cnn(C)c2OCCC[C@@H](C)Cn2c(N)nc3ccc(N4CCC5(CC4=O)OCCO5)cc32)c1. The van der Waals surface area contributed by atoms with Gasteiger partial charge in [-0.3, -0.25) is 9.78 Å². The molecule has 4 aromatic rings. The molecule has 3 aromatic heterocycles. The molecule has 45 heavy (non-hydrogen) atoms. The molecule has 2 aliphatic heterocycles. The van der Waals surface area contributed by atoms with E-state index in [0.29, 0.717) is 73.7 Å². The predicted octanol–water partition coefficient (Wildman–Crippen LogP) is 3.87. The zero-order valence-electron chi connectivity index (χ0n) is 26.1. The van der Waals surface area contributed by atoms with Crippen molar-refractivity contribution >= 4 is 34.5 Å². The second-order valence-corrected chi connectivity index (χ2v) is 11.8. The summed E-state index contributed by atoms with van der Waals surface area (Å²) >= 11 is 0. The van der Waals surface area contributed by atoms with Crippen molar-refractivity contribution in [2.75, 3.05) is 44.1 Å². The zero-order chi connectivity index (χ0) is 31.7. The van der Waals surface area contributed by atoms with Crippen LogP contribution in [0.1, 0.15) is 48.7 Å². The fraction of sp³-hybridized carbons (Fsp3) is 0.469. The van der Waals surface area contributed by atoms with E-state index in [4.69, 9.17) is 24.7 Å². The van der Waals surface area contributed by atoms with Gasteiger partial charge in [0.1, 0.15) is 0 Å². The van der Waals surface area contributed by atoms with Crippen LogP contribution in [0.3, 0.4) is 0 Å². The van der Waals surface area contributed by atoms with Gasteiger partial charge in [-0.25, -0.2) is 14.5 Å². The number of benzene rings is 1. The molecule has 5 heterocycles. The lowest BCUT2D eigenvalue weighted by molar-refractivity contribution is -0.177. The predicted molar refractivity (Wildman–Crippen MR) is 167 cm³/mol. The van der Waals surface area contributed by atoms with Crippen molar-refractivity contribution in [3.63, 3.8) is 0 Å². The fourth-order valence-electron chi connectivity index (χ4n) is 6.15. The van der Waals surface area contributed by atoms with Crippen LogP contribution in [0.25, 0.3) is 22.3 Å². The minimum Gasteiger partial charge on any atom is -0.477 e. The molecule has 1 aromatic carbocycles. The number of carbonyl (C=O) groups is 2. The minimum atomic E-state index is -0.771. The highest BCUT2D eigenvalue weighted by molar-refractivity contribution is 5.97. The lowest BCUT2D eigenvalue weighted by Crippen LogP contribution is -2.48. The third kappa shape index (κ3) is 6.22. The number of aryl methyl sites for hydroxylation is 2. The molecule has 0 saturated carbocycles. The molecule has 238 valence electrons. The number of methoxy groups -OCH3 is 1. The number of pyridine rings is 1. The molecule has 1 atom stereocenters. The number of amides is 1. The number of hydrogen-bond acceptors (Lipinski definition) is 10. The standard InChI is InChI=1S/C32H39N7O6/c1-20(6-5-11-43-29-24(18-34-37(29)3)26-15-22(30(41)42-4)14-21(2)35-26)19-39-27-16-23(7-8-25(27)36-31(39)33)38-10-9-32(17-28(38)40)44-12-13-45-32/h7-8,14-16,18,20H,5-6,9-13,17,19H2,1-4H3,(H2,33,36)/t20-/m1/s1. The second kappa shape index (κ2) is 12.5. The van der Waals surface area contributed by atoms with Crippen LogP contribution in [0.2, 0.25) is 0 Å². The highest BCUT2D eigenvalue weighted by Crippen LogP contribution is 2.35. The number of ether oxygens (including phenoxy) is 4. The van der Waals surface area contributed by atoms with Gasteiger partial charge in [0.25, 0.3) is 0 Å². The molecule has 2 fully saturated rings. The summed E-state index contributed by atoms with van der Waals surface area (Å²) in [6.45, 7) is 6.72.